The van der Waals surface area contributed by atoms with Crippen LogP contribution in [0.25, 0.3) is 16.6 Å². The van der Waals surface area contributed by atoms with Crippen LogP contribution in [0.2, 0.25) is 0 Å². The first-order valence-electron chi connectivity index (χ1n) is 9.39. The van der Waals surface area contributed by atoms with Gasteiger partial charge in [-0.1, -0.05) is 41.6 Å². The summed E-state index contributed by atoms with van der Waals surface area (Å²) in [5, 5.41) is 1.23. The summed E-state index contributed by atoms with van der Waals surface area (Å²) in [6.07, 6.45) is 1.03. The van der Waals surface area contributed by atoms with E-state index >= 15 is 0 Å². The van der Waals surface area contributed by atoms with Crippen LogP contribution in [0, 0.1) is 13.8 Å². The van der Waals surface area contributed by atoms with Crippen molar-refractivity contribution in [3.63, 3.8) is 0 Å². The highest BCUT2D eigenvalue weighted by molar-refractivity contribution is 7.99. The Morgan fingerprint density at radius 2 is 1.96 bits per heavy atom. The maximum atomic E-state index is 13.2. The lowest BCUT2D eigenvalue weighted by atomic mass is 10.1. The zero-order chi connectivity index (χ0) is 20.1. The Kier molecular flexibility index (Phi) is 6.52. The molecule has 0 fully saturated rings. The molecule has 0 atom stereocenters. The Hall–Kier alpha value is -2.60. The fraction of sp³-hybridized carbons (Fsp3) is 0.318. The number of para-hydroxylation sites is 1. The minimum absolute atomic E-state index is 0.0783. The van der Waals surface area contributed by atoms with E-state index in [2.05, 4.69) is 6.07 Å². The monoisotopic (exact) mass is 396 g/mol. The minimum Gasteiger partial charge on any atom is -0.466 e. The Morgan fingerprint density at radius 1 is 1.18 bits per heavy atom. The van der Waals surface area contributed by atoms with Crippen LogP contribution < -0.4 is 5.56 Å². The van der Waals surface area contributed by atoms with Gasteiger partial charge in [0.2, 0.25) is 0 Å². The molecule has 1 aromatic heterocycles. The van der Waals surface area contributed by atoms with E-state index in [1.165, 1.54) is 11.8 Å². The molecule has 6 heteroatoms. The molecule has 5 nitrogen and oxygen atoms in total. The van der Waals surface area contributed by atoms with E-state index in [0.29, 0.717) is 41.3 Å². The van der Waals surface area contributed by atoms with Crippen LogP contribution in [-0.2, 0) is 9.53 Å². The highest BCUT2D eigenvalue weighted by atomic mass is 32.2. The van der Waals surface area contributed by atoms with Crippen molar-refractivity contribution in [2.45, 2.75) is 38.8 Å². The SMILES string of the molecule is CCOC(=O)CCCSc1nc2ccccc2c(=O)n1-c1ccc(C)cc1C. The van der Waals surface area contributed by atoms with Gasteiger partial charge in [-0.15, -0.1) is 0 Å². The molecule has 0 aliphatic rings. The smallest absolute Gasteiger partial charge is 0.305 e. The molecule has 0 saturated heterocycles. The zero-order valence-corrected chi connectivity index (χ0v) is 17.2. The van der Waals surface area contributed by atoms with E-state index in [1.54, 1.807) is 17.6 Å². The quantitative estimate of drug-likeness (QED) is 0.256. The van der Waals surface area contributed by atoms with Crippen LogP contribution in [0.4, 0.5) is 0 Å². The molecule has 0 aliphatic heterocycles. The summed E-state index contributed by atoms with van der Waals surface area (Å²) in [4.78, 5) is 29.5. The number of esters is 1. The van der Waals surface area contributed by atoms with E-state index in [4.69, 9.17) is 9.72 Å². The molecule has 0 bridgehead atoms. The lowest BCUT2D eigenvalue weighted by molar-refractivity contribution is -0.143. The molecule has 3 aromatic rings. The van der Waals surface area contributed by atoms with E-state index in [9.17, 15) is 9.59 Å². The van der Waals surface area contributed by atoms with E-state index in [1.807, 2.05) is 44.2 Å². The van der Waals surface area contributed by atoms with Gasteiger partial charge in [0.1, 0.15) is 0 Å². The van der Waals surface area contributed by atoms with E-state index < -0.39 is 0 Å². The molecular weight excluding hydrogens is 372 g/mol. The highest BCUT2D eigenvalue weighted by Gasteiger charge is 2.15. The minimum atomic E-state index is -0.193. The summed E-state index contributed by atoms with van der Waals surface area (Å²) in [7, 11) is 0. The molecule has 1 heterocycles. The molecular formula is C22H24N2O3S. The van der Waals surface area contributed by atoms with Crippen LogP contribution in [0.1, 0.15) is 30.9 Å². The Morgan fingerprint density at radius 3 is 2.71 bits per heavy atom. The van der Waals surface area contributed by atoms with E-state index in [0.717, 1.165) is 16.8 Å². The van der Waals surface area contributed by atoms with Crippen molar-refractivity contribution in [1.29, 1.82) is 0 Å². The number of fused-ring (bicyclic) bond motifs is 1. The summed E-state index contributed by atoms with van der Waals surface area (Å²) >= 11 is 1.49. The summed E-state index contributed by atoms with van der Waals surface area (Å²) < 4.78 is 6.66. The molecule has 0 unspecified atom stereocenters. The average molecular weight is 397 g/mol. The van der Waals surface area contributed by atoms with Gasteiger partial charge in [0.05, 0.1) is 23.2 Å². The largest absolute Gasteiger partial charge is 0.466 e. The molecule has 0 saturated carbocycles. The van der Waals surface area contributed by atoms with Crippen molar-refractivity contribution in [2.75, 3.05) is 12.4 Å². The number of hydrogen-bond acceptors (Lipinski definition) is 5. The van der Waals surface area contributed by atoms with Crippen molar-refractivity contribution < 1.29 is 9.53 Å². The number of nitrogens with zero attached hydrogens (tertiary/aromatic N) is 2. The predicted octanol–water partition coefficient (Wildman–Crippen LogP) is 4.44. The summed E-state index contributed by atoms with van der Waals surface area (Å²) in [5.41, 5.74) is 3.60. The Balaban J connectivity index is 1.98. The number of aromatic nitrogens is 2. The van der Waals surface area contributed by atoms with Gasteiger partial charge in [0, 0.05) is 12.2 Å². The van der Waals surface area contributed by atoms with E-state index in [-0.39, 0.29) is 11.5 Å². The first kappa shape index (κ1) is 20.1. The maximum absolute atomic E-state index is 13.2. The fourth-order valence-electron chi connectivity index (χ4n) is 3.09. The lowest BCUT2D eigenvalue weighted by Crippen LogP contribution is -2.22. The number of ether oxygens (including phenoxy) is 1. The van der Waals surface area contributed by atoms with Gasteiger partial charge in [0.25, 0.3) is 5.56 Å². The van der Waals surface area contributed by atoms with Crippen LogP contribution in [0.3, 0.4) is 0 Å². The van der Waals surface area contributed by atoms with Crippen LogP contribution in [0.15, 0.2) is 52.4 Å². The standard InChI is InChI=1S/C22H24N2O3S/c1-4-27-20(25)10-7-13-28-22-23-18-9-6-5-8-17(18)21(26)24(22)19-12-11-15(2)14-16(19)3/h5-6,8-9,11-12,14H,4,7,10,13H2,1-3H3. The molecule has 0 N–H and O–H groups in total. The number of carbonyl (C=O) groups excluding carboxylic acids is 1. The average Bonchev–Trinajstić information content (AvgIpc) is 2.67. The Labute approximate surface area is 168 Å². The van der Waals surface area contributed by atoms with Crippen molar-refractivity contribution >= 4 is 28.6 Å². The van der Waals surface area contributed by atoms with Gasteiger partial charge in [-0.2, -0.15) is 0 Å². The first-order valence-corrected chi connectivity index (χ1v) is 10.4. The number of hydrogen-bond donors (Lipinski definition) is 0. The second kappa shape index (κ2) is 9.06. The highest BCUT2D eigenvalue weighted by Crippen LogP contribution is 2.24. The third kappa shape index (κ3) is 4.44. The van der Waals surface area contributed by atoms with Gasteiger partial charge in [-0.25, -0.2) is 4.98 Å². The maximum Gasteiger partial charge on any atom is 0.305 e. The van der Waals surface area contributed by atoms with Gasteiger partial charge in [0.15, 0.2) is 5.16 Å². The summed E-state index contributed by atoms with van der Waals surface area (Å²) in [6, 6.07) is 13.4. The second-order valence-corrected chi connectivity index (χ2v) is 7.66. The molecule has 0 spiro atoms. The molecule has 3 rings (SSSR count). The zero-order valence-electron chi connectivity index (χ0n) is 16.4. The topological polar surface area (TPSA) is 61.2 Å². The van der Waals surface area contributed by atoms with Crippen molar-refractivity contribution in [3.05, 3.63) is 63.9 Å². The molecule has 28 heavy (non-hydrogen) atoms. The van der Waals surface area contributed by atoms with Crippen LogP contribution >= 0.6 is 11.8 Å². The number of thioether (sulfide) groups is 1. The summed E-state index contributed by atoms with van der Waals surface area (Å²) in [6.45, 7) is 6.22. The van der Waals surface area contributed by atoms with Gasteiger partial charge < -0.3 is 4.74 Å². The number of aryl methyl sites for hydroxylation is 2. The fourth-order valence-corrected chi connectivity index (χ4v) is 4.04. The number of rotatable bonds is 7. The molecule has 2 aromatic carbocycles. The molecule has 0 radical (unpaired) electrons. The predicted molar refractivity (Wildman–Crippen MR) is 113 cm³/mol. The van der Waals surface area contributed by atoms with Gasteiger partial charge in [-0.05, 0) is 51.0 Å². The number of carbonyl (C=O) groups is 1. The van der Waals surface area contributed by atoms with Crippen molar-refractivity contribution in [2.24, 2.45) is 0 Å². The first-order chi connectivity index (χ1) is 13.5. The van der Waals surface area contributed by atoms with Crippen molar-refractivity contribution in [3.8, 4) is 5.69 Å². The second-order valence-electron chi connectivity index (χ2n) is 6.60. The number of benzene rings is 2. The lowest BCUT2D eigenvalue weighted by Gasteiger charge is -2.15. The molecule has 0 amide bonds. The molecule has 146 valence electrons. The van der Waals surface area contributed by atoms with Gasteiger partial charge in [-0.3, -0.25) is 14.2 Å². The van der Waals surface area contributed by atoms with Crippen LogP contribution in [0.5, 0.6) is 0 Å². The Bertz CT molecular complexity index is 1060. The third-order valence-electron chi connectivity index (χ3n) is 4.40. The van der Waals surface area contributed by atoms with Crippen LogP contribution in [-0.4, -0.2) is 27.9 Å². The van der Waals surface area contributed by atoms with Gasteiger partial charge >= 0.3 is 5.97 Å². The third-order valence-corrected chi connectivity index (χ3v) is 5.42. The van der Waals surface area contributed by atoms with Crippen molar-refractivity contribution in [1.82, 2.24) is 9.55 Å². The normalized spacial score (nSPS) is 11.0. The molecule has 0 aliphatic carbocycles. The summed E-state index contributed by atoms with van der Waals surface area (Å²) in [5.74, 6) is 0.482.